The molecule has 1 atom stereocenters. The van der Waals surface area contributed by atoms with Crippen molar-refractivity contribution in [3.63, 3.8) is 0 Å². The molecule has 1 amide bonds. The molecule has 0 bridgehead atoms. The maximum Gasteiger partial charge on any atom is 0.239 e. The van der Waals surface area contributed by atoms with Gasteiger partial charge in [-0.25, -0.2) is 4.98 Å². The number of carbonyl (C=O) groups excluding carboxylic acids is 1. The number of nitrogens with zero attached hydrogens (tertiary/aromatic N) is 1. The standard InChI is InChI=1S/C17H22N2OS2/c1-2-14(21-12-8-4-3-5-9-12)16(20)19-17-18-13-10-6-7-11-15(13)22-17/h6-7,10-12,14H,2-5,8-9H2,1H3,(H,18,19,20). The molecule has 1 aliphatic carbocycles. The highest BCUT2D eigenvalue weighted by atomic mass is 32.2. The Morgan fingerprint density at radius 1 is 1.36 bits per heavy atom. The van der Waals surface area contributed by atoms with Crippen molar-refractivity contribution in [1.82, 2.24) is 4.98 Å². The summed E-state index contributed by atoms with van der Waals surface area (Å²) in [6.45, 7) is 2.10. The number of rotatable bonds is 5. The van der Waals surface area contributed by atoms with Crippen LogP contribution in [0.15, 0.2) is 24.3 Å². The minimum atomic E-state index is 0.0371. The van der Waals surface area contributed by atoms with Crippen LogP contribution in [0, 0.1) is 0 Å². The summed E-state index contributed by atoms with van der Waals surface area (Å²) in [5.74, 6) is 0.108. The Labute approximate surface area is 139 Å². The van der Waals surface area contributed by atoms with Crippen LogP contribution >= 0.6 is 23.1 Å². The van der Waals surface area contributed by atoms with Crippen LogP contribution in [0.2, 0.25) is 0 Å². The van der Waals surface area contributed by atoms with Crippen molar-refractivity contribution in [3.8, 4) is 0 Å². The Morgan fingerprint density at radius 3 is 2.86 bits per heavy atom. The molecule has 1 aromatic heterocycles. The highest BCUT2D eigenvalue weighted by Gasteiger charge is 2.24. The highest BCUT2D eigenvalue weighted by molar-refractivity contribution is 8.01. The van der Waals surface area contributed by atoms with Gasteiger partial charge in [-0.3, -0.25) is 4.79 Å². The van der Waals surface area contributed by atoms with Gasteiger partial charge in [-0.2, -0.15) is 0 Å². The van der Waals surface area contributed by atoms with E-state index in [-0.39, 0.29) is 11.2 Å². The second kappa shape index (κ2) is 7.47. The number of hydrogen-bond acceptors (Lipinski definition) is 4. The molecule has 0 saturated heterocycles. The van der Waals surface area contributed by atoms with Gasteiger partial charge in [0, 0.05) is 5.25 Å². The zero-order valence-electron chi connectivity index (χ0n) is 12.9. The molecule has 5 heteroatoms. The monoisotopic (exact) mass is 334 g/mol. The number of nitrogens with one attached hydrogen (secondary N) is 1. The number of thiazole rings is 1. The highest BCUT2D eigenvalue weighted by Crippen LogP contribution is 2.33. The number of thioether (sulfide) groups is 1. The maximum atomic E-state index is 12.5. The first-order valence-electron chi connectivity index (χ1n) is 8.08. The molecular weight excluding hydrogens is 312 g/mol. The Bertz CT molecular complexity index is 601. The number of carbonyl (C=O) groups is 1. The van der Waals surface area contributed by atoms with Crippen molar-refractivity contribution >= 4 is 44.4 Å². The third-order valence-corrected chi connectivity index (χ3v) is 6.78. The Morgan fingerprint density at radius 2 is 2.14 bits per heavy atom. The van der Waals surface area contributed by atoms with Crippen LogP contribution in [0.25, 0.3) is 10.2 Å². The number of hydrogen-bond donors (Lipinski definition) is 1. The molecule has 1 aliphatic rings. The maximum absolute atomic E-state index is 12.5. The van der Waals surface area contributed by atoms with E-state index in [0.717, 1.165) is 16.6 Å². The first-order chi connectivity index (χ1) is 10.8. The number of amides is 1. The summed E-state index contributed by atoms with van der Waals surface area (Å²) in [6.07, 6.45) is 7.37. The minimum absolute atomic E-state index is 0.0371. The van der Waals surface area contributed by atoms with Crippen molar-refractivity contribution in [2.75, 3.05) is 5.32 Å². The van der Waals surface area contributed by atoms with Crippen LogP contribution in [0.1, 0.15) is 45.4 Å². The van der Waals surface area contributed by atoms with Gasteiger partial charge in [0.15, 0.2) is 5.13 Å². The van der Waals surface area contributed by atoms with E-state index in [9.17, 15) is 4.79 Å². The summed E-state index contributed by atoms with van der Waals surface area (Å²) in [6, 6.07) is 7.99. The summed E-state index contributed by atoms with van der Waals surface area (Å²) < 4.78 is 1.12. The van der Waals surface area contributed by atoms with Crippen molar-refractivity contribution < 1.29 is 4.79 Å². The van der Waals surface area contributed by atoms with E-state index in [4.69, 9.17) is 0 Å². The lowest BCUT2D eigenvalue weighted by Gasteiger charge is -2.24. The molecule has 0 radical (unpaired) electrons. The average Bonchev–Trinajstić information content (AvgIpc) is 2.95. The molecule has 1 N–H and O–H groups in total. The molecule has 118 valence electrons. The van der Waals surface area contributed by atoms with Crippen LogP contribution in [0.3, 0.4) is 0 Å². The Balaban J connectivity index is 1.63. The first-order valence-corrected chi connectivity index (χ1v) is 9.84. The molecule has 1 aromatic carbocycles. The van der Waals surface area contributed by atoms with Crippen molar-refractivity contribution in [1.29, 1.82) is 0 Å². The summed E-state index contributed by atoms with van der Waals surface area (Å²) in [5.41, 5.74) is 0.954. The summed E-state index contributed by atoms with van der Waals surface area (Å²) in [5, 5.41) is 4.43. The number of para-hydroxylation sites is 1. The van der Waals surface area contributed by atoms with Crippen molar-refractivity contribution in [2.24, 2.45) is 0 Å². The zero-order valence-corrected chi connectivity index (χ0v) is 14.5. The third-order valence-electron chi connectivity index (χ3n) is 4.10. The SMILES string of the molecule is CCC(SC1CCCCC1)C(=O)Nc1nc2ccccc2s1. The predicted molar refractivity (Wildman–Crippen MR) is 96.8 cm³/mol. The van der Waals surface area contributed by atoms with Gasteiger partial charge >= 0.3 is 0 Å². The Hall–Kier alpha value is -1.07. The molecule has 1 saturated carbocycles. The van der Waals surface area contributed by atoms with E-state index in [2.05, 4.69) is 17.2 Å². The van der Waals surface area contributed by atoms with Crippen LogP contribution in [0.5, 0.6) is 0 Å². The second-order valence-corrected chi connectivity index (χ2v) is 8.31. The molecular formula is C17H22N2OS2. The summed E-state index contributed by atoms with van der Waals surface area (Å²) >= 11 is 3.41. The first kappa shape index (κ1) is 15.8. The molecule has 1 fully saturated rings. The van der Waals surface area contributed by atoms with E-state index >= 15 is 0 Å². The zero-order chi connectivity index (χ0) is 15.4. The quantitative estimate of drug-likeness (QED) is 0.829. The molecule has 22 heavy (non-hydrogen) atoms. The van der Waals surface area contributed by atoms with E-state index in [1.165, 1.54) is 32.1 Å². The minimum Gasteiger partial charge on any atom is -0.301 e. The molecule has 2 aromatic rings. The largest absolute Gasteiger partial charge is 0.301 e. The second-order valence-electron chi connectivity index (χ2n) is 5.77. The lowest BCUT2D eigenvalue weighted by atomic mass is 10.0. The lowest BCUT2D eigenvalue weighted by molar-refractivity contribution is -0.115. The summed E-state index contributed by atoms with van der Waals surface area (Å²) in [7, 11) is 0. The average molecular weight is 335 g/mol. The number of anilines is 1. The fourth-order valence-corrected chi connectivity index (χ4v) is 5.20. The normalized spacial score (nSPS) is 17.5. The third kappa shape index (κ3) is 3.82. The molecule has 3 rings (SSSR count). The van der Waals surface area contributed by atoms with Gasteiger partial charge in [-0.15, -0.1) is 11.8 Å². The number of benzene rings is 1. The predicted octanol–water partition coefficient (Wildman–Crippen LogP) is 5.08. The van der Waals surface area contributed by atoms with Crippen LogP contribution in [-0.2, 0) is 4.79 Å². The molecule has 3 nitrogen and oxygen atoms in total. The van der Waals surface area contributed by atoms with Gasteiger partial charge in [0.2, 0.25) is 5.91 Å². The molecule has 1 heterocycles. The van der Waals surface area contributed by atoms with Crippen LogP contribution in [0.4, 0.5) is 5.13 Å². The van der Waals surface area contributed by atoms with Gasteiger partial charge in [0.05, 0.1) is 15.5 Å². The lowest BCUT2D eigenvalue weighted by Crippen LogP contribution is -2.27. The Kier molecular flexibility index (Phi) is 5.37. The van der Waals surface area contributed by atoms with E-state index in [1.54, 1.807) is 11.3 Å². The topological polar surface area (TPSA) is 42.0 Å². The van der Waals surface area contributed by atoms with Crippen LogP contribution in [-0.4, -0.2) is 21.4 Å². The fourth-order valence-electron chi connectivity index (χ4n) is 2.89. The van der Waals surface area contributed by atoms with E-state index in [0.29, 0.717) is 10.4 Å². The van der Waals surface area contributed by atoms with Crippen molar-refractivity contribution in [3.05, 3.63) is 24.3 Å². The van der Waals surface area contributed by atoms with Gasteiger partial charge in [0.1, 0.15) is 0 Å². The number of aromatic nitrogens is 1. The summed E-state index contributed by atoms with van der Waals surface area (Å²) in [4.78, 5) is 17.0. The van der Waals surface area contributed by atoms with Gasteiger partial charge < -0.3 is 5.32 Å². The van der Waals surface area contributed by atoms with E-state index in [1.807, 2.05) is 36.0 Å². The number of fused-ring (bicyclic) bond motifs is 1. The van der Waals surface area contributed by atoms with Gasteiger partial charge in [-0.1, -0.05) is 49.7 Å². The van der Waals surface area contributed by atoms with Crippen molar-refractivity contribution in [2.45, 2.75) is 55.9 Å². The van der Waals surface area contributed by atoms with Gasteiger partial charge in [0.25, 0.3) is 0 Å². The molecule has 0 aliphatic heterocycles. The molecule has 0 spiro atoms. The van der Waals surface area contributed by atoms with Gasteiger partial charge in [-0.05, 0) is 31.4 Å². The van der Waals surface area contributed by atoms with E-state index < -0.39 is 0 Å². The fraction of sp³-hybridized carbons (Fsp3) is 0.529. The smallest absolute Gasteiger partial charge is 0.239 e. The van der Waals surface area contributed by atoms with Crippen LogP contribution < -0.4 is 5.32 Å². The molecule has 1 unspecified atom stereocenters.